The van der Waals surface area contributed by atoms with Gasteiger partial charge in [0.15, 0.2) is 0 Å². The first-order valence-electron chi connectivity index (χ1n) is 6.00. The van der Waals surface area contributed by atoms with Gasteiger partial charge in [0.25, 0.3) is 0 Å². The number of ether oxygens (including phenoxy) is 2. The van der Waals surface area contributed by atoms with Crippen molar-refractivity contribution in [2.75, 3.05) is 19.1 Å². The Morgan fingerprint density at radius 2 is 1.95 bits per heavy atom. The molecule has 0 saturated heterocycles. The van der Waals surface area contributed by atoms with E-state index in [1.54, 1.807) is 25.4 Å². The maximum atomic E-state index is 5.71. The van der Waals surface area contributed by atoms with Gasteiger partial charge in [0.2, 0.25) is 0 Å². The fourth-order valence-electron chi connectivity index (χ4n) is 1.63. The van der Waals surface area contributed by atoms with Gasteiger partial charge in [-0.15, -0.1) is 0 Å². The molecule has 0 saturated carbocycles. The summed E-state index contributed by atoms with van der Waals surface area (Å²) >= 11 is 0. The number of hydrazine groups is 1. The van der Waals surface area contributed by atoms with E-state index in [-0.39, 0.29) is 0 Å². The molecule has 100 valence electrons. The lowest BCUT2D eigenvalue weighted by Gasteiger charge is -2.07. The number of hydrogen-bond acceptors (Lipinski definition) is 5. The topological polar surface area (TPSA) is 69.4 Å². The van der Waals surface area contributed by atoms with Crippen LogP contribution in [0.5, 0.6) is 11.5 Å². The molecule has 0 aliphatic heterocycles. The number of nitrogens with two attached hydrogens (primary N) is 1. The van der Waals surface area contributed by atoms with Crippen LogP contribution in [0.4, 0.5) is 5.82 Å². The highest BCUT2D eigenvalue weighted by atomic mass is 16.5. The van der Waals surface area contributed by atoms with E-state index in [1.807, 2.05) is 24.3 Å². The number of pyridine rings is 1. The SMILES string of the molecule is COCCc1ccc(Oc2ccnc(NN)c2)cc1. The van der Waals surface area contributed by atoms with Crippen LogP contribution in [0.1, 0.15) is 5.56 Å². The predicted molar refractivity (Wildman–Crippen MR) is 74.1 cm³/mol. The quantitative estimate of drug-likeness (QED) is 0.615. The van der Waals surface area contributed by atoms with Gasteiger partial charge in [0.05, 0.1) is 6.61 Å². The Bertz CT molecular complexity index is 514. The Morgan fingerprint density at radius 3 is 2.63 bits per heavy atom. The van der Waals surface area contributed by atoms with E-state index >= 15 is 0 Å². The average molecular weight is 259 g/mol. The van der Waals surface area contributed by atoms with Crippen molar-refractivity contribution in [3.05, 3.63) is 48.2 Å². The van der Waals surface area contributed by atoms with Crippen molar-refractivity contribution >= 4 is 5.82 Å². The van der Waals surface area contributed by atoms with E-state index in [9.17, 15) is 0 Å². The van der Waals surface area contributed by atoms with Crippen LogP contribution in [0.2, 0.25) is 0 Å². The number of methoxy groups -OCH3 is 1. The van der Waals surface area contributed by atoms with Gasteiger partial charge in [-0.05, 0) is 30.2 Å². The Morgan fingerprint density at radius 1 is 1.16 bits per heavy atom. The number of nitrogen functional groups attached to an aromatic ring is 1. The van der Waals surface area contributed by atoms with Crippen molar-refractivity contribution in [3.63, 3.8) is 0 Å². The summed E-state index contributed by atoms with van der Waals surface area (Å²) in [5.74, 6) is 7.32. The Hall–Kier alpha value is -2.11. The van der Waals surface area contributed by atoms with Gasteiger partial charge in [-0.3, -0.25) is 0 Å². The van der Waals surface area contributed by atoms with Crippen LogP contribution in [-0.4, -0.2) is 18.7 Å². The molecular formula is C14H17N3O2. The standard InChI is InChI=1S/C14H17N3O2/c1-18-9-7-11-2-4-12(5-3-11)19-13-6-8-16-14(10-13)17-15/h2-6,8,10H,7,9,15H2,1H3,(H,16,17). The molecule has 0 amide bonds. The maximum Gasteiger partial charge on any atom is 0.143 e. The largest absolute Gasteiger partial charge is 0.457 e. The zero-order valence-electron chi connectivity index (χ0n) is 10.8. The number of anilines is 1. The van der Waals surface area contributed by atoms with Crippen LogP contribution in [0.15, 0.2) is 42.6 Å². The van der Waals surface area contributed by atoms with Crippen LogP contribution in [0, 0.1) is 0 Å². The minimum atomic E-state index is 0.564. The molecule has 3 N–H and O–H groups in total. The summed E-state index contributed by atoms with van der Waals surface area (Å²) in [6, 6.07) is 11.4. The minimum Gasteiger partial charge on any atom is -0.457 e. The van der Waals surface area contributed by atoms with E-state index in [0.29, 0.717) is 11.6 Å². The Labute approximate surface area is 112 Å². The van der Waals surface area contributed by atoms with Gasteiger partial charge in [-0.25, -0.2) is 10.8 Å². The number of hydrogen-bond donors (Lipinski definition) is 2. The van der Waals surface area contributed by atoms with E-state index in [0.717, 1.165) is 18.8 Å². The fourth-order valence-corrected chi connectivity index (χ4v) is 1.63. The molecule has 0 bridgehead atoms. The number of nitrogens with zero attached hydrogens (tertiary/aromatic N) is 1. The molecule has 2 rings (SSSR count). The van der Waals surface area contributed by atoms with Crippen LogP contribution in [0.3, 0.4) is 0 Å². The zero-order chi connectivity index (χ0) is 13.5. The summed E-state index contributed by atoms with van der Waals surface area (Å²) in [5, 5.41) is 0. The number of nitrogens with one attached hydrogen (secondary N) is 1. The summed E-state index contributed by atoms with van der Waals surface area (Å²) in [6.07, 6.45) is 2.53. The number of aromatic nitrogens is 1. The van der Waals surface area contributed by atoms with Crippen LogP contribution >= 0.6 is 0 Å². The summed E-state index contributed by atoms with van der Waals surface area (Å²) < 4.78 is 10.8. The molecule has 0 fully saturated rings. The summed E-state index contributed by atoms with van der Waals surface area (Å²) in [5.41, 5.74) is 3.70. The smallest absolute Gasteiger partial charge is 0.143 e. The third-order valence-electron chi connectivity index (χ3n) is 2.63. The van der Waals surface area contributed by atoms with Crippen molar-refractivity contribution in [2.45, 2.75) is 6.42 Å². The molecule has 1 aromatic carbocycles. The van der Waals surface area contributed by atoms with E-state index in [2.05, 4.69) is 10.4 Å². The lowest BCUT2D eigenvalue weighted by Crippen LogP contribution is -2.08. The van der Waals surface area contributed by atoms with Crippen molar-refractivity contribution in [1.82, 2.24) is 4.98 Å². The zero-order valence-corrected chi connectivity index (χ0v) is 10.8. The fraction of sp³-hybridized carbons (Fsp3) is 0.214. The maximum absolute atomic E-state index is 5.71. The molecule has 1 aromatic heterocycles. The van der Waals surface area contributed by atoms with Crippen molar-refractivity contribution < 1.29 is 9.47 Å². The second-order valence-corrected chi connectivity index (χ2v) is 4.01. The van der Waals surface area contributed by atoms with E-state index < -0.39 is 0 Å². The van der Waals surface area contributed by atoms with Crippen LogP contribution < -0.4 is 16.0 Å². The van der Waals surface area contributed by atoms with Crippen molar-refractivity contribution in [3.8, 4) is 11.5 Å². The molecule has 1 heterocycles. The Balaban J connectivity index is 2.02. The molecule has 5 heteroatoms. The molecular weight excluding hydrogens is 242 g/mol. The Kier molecular flexibility index (Phi) is 4.72. The molecule has 5 nitrogen and oxygen atoms in total. The highest BCUT2D eigenvalue weighted by Crippen LogP contribution is 2.22. The predicted octanol–water partition coefficient (Wildman–Crippen LogP) is 2.35. The van der Waals surface area contributed by atoms with Gasteiger partial charge in [-0.1, -0.05) is 12.1 Å². The molecule has 0 spiro atoms. The molecule has 2 aromatic rings. The van der Waals surface area contributed by atoms with Crippen LogP contribution in [0.25, 0.3) is 0 Å². The minimum absolute atomic E-state index is 0.564. The molecule has 0 aliphatic rings. The van der Waals surface area contributed by atoms with Gasteiger partial charge in [-0.2, -0.15) is 0 Å². The first-order valence-corrected chi connectivity index (χ1v) is 6.00. The van der Waals surface area contributed by atoms with Crippen molar-refractivity contribution in [1.29, 1.82) is 0 Å². The number of rotatable bonds is 6. The molecule has 19 heavy (non-hydrogen) atoms. The first-order chi connectivity index (χ1) is 9.31. The third kappa shape index (κ3) is 3.94. The third-order valence-corrected chi connectivity index (χ3v) is 2.63. The highest BCUT2D eigenvalue weighted by molar-refractivity contribution is 5.41. The molecule has 0 radical (unpaired) electrons. The monoisotopic (exact) mass is 259 g/mol. The van der Waals surface area contributed by atoms with Gasteiger partial charge in [0.1, 0.15) is 17.3 Å². The van der Waals surface area contributed by atoms with Gasteiger partial charge in [0, 0.05) is 19.4 Å². The van der Waals surface area contributed by atoms with Gasteiger partial charge < -0.3 is 14.9 Å². The lowest BCUT2D eigenvalue weighted by molar-refractivity contribution is 0.202. The highest BCUT2D eigenvalue weighted by Gasteiger charge is 2.00. The lowest BCUT2D eigenvalue weighted by atomic mass is 10.1. The van der Waals surface area contributed by atoms with E-state index in [4.69, 9.17) is 15.3 Å². The average Bonchev–Trinajstić information content (AvgIpc) is 2.47. The summed E-state index contributed by atoms with van der Waals surface area (Å²) in [6.45, 7) is 0.718. The summed E-state index contributed by atoms with van der Waals surface area (Å²) in [7, 11) is 1.70. The van der Waals surface area contributed by atoms with Crippen LogP contribution in [-0.2, 0) is 11.2 Å². The normalized spacial score (nSPS) is 10.2. The number of benzene rings is 1. The molecule has 0 aliphatic carbocycles. The van der Waals surface area contributed by atoms with E-state index in [1.165, 1.54) is 5.56 Å². The first kappa shape index (κ1) is 13.3. The van der Waals surface area contributed by atoms with Crippen molar-refractivity contribution in [2.24, 2.45) is 5.84 Å². The molecule has 0 atom stereocenters. The second kappa shape index (κ2) is 6.72. The van der Waals surface area contributed by atoms with Gasteiger partial charge >= 0.3 is 0 Å². The molecule has 0 unspecified atom stereocenters. The summed E-state index contributed by atoms with van der Waals surface area (Å²) in [4.78, 5) is 4.02. The second-order valence-electron chi connectivity index (χ2n) is 4.01.